The van der Waals surface area contributed by atoms with E-state index in [0.717, 1.165) is 12.0 Å². The second kappa shape index (κ2) is 6.84. The van der Waals surface area contributed by atoms with Crippen molar-refractivity contribution in [2.45, 2.75) is 58.7 Å². The van der Waals surface area contributed by atoms with E-state index >= 15 is 0 Å². The van der Waals surface area contributed by atoms with Gasteiger partial charge in [0.05, 0.1) is 6.04 Å². The number of hydrogen-bond donors (Lipinski definition) is 2. The Kier molecular flexibility index (Phi) is 5.69. The summed E-state index contributed by atoms with van der Waals surface area (Å²) in [5, 5.41) is 6.20. The van der Waals surface area contributed by atoms with Crippen LogP contribution in [0.4, 0.5) is 4.39 Å². The fourth-order valence-electron chi connectivity index (χ4n) is 2.01. The number of carbonyl (C=O) groups excluding carboxylic acids is 1. The van der Waals surface area contributed by atoms with Gasteiger partial charge in [-0.3, -0.25) is 4.79 Å². The number of nitrogens with one attached hydrogen (secondary N) is 2. The van der Waals surface area contributed by atoms with Crippen LogP contribution in [-0.2, 0) is 11.2 Å². The molecule has 0 fully saturated rings. The van der Waals surface area contributed by atoms with Crippen molar-refractivity contribution < 1.29 is 9.18 Å². The van der Waals surface area contributed by atoms with E-state index < -0.39 is 0 Å². The summed E-state index contributed by atoms with van der Waals surface area (Å²) in [7, 11) is 0. The third kappa shape index (κ3) is 6.15. The summed E-state index contributed by atoms with van der Waals surface area (Å²) >= 11 is 0. The molecule has 0 radical (unpaired) electrons. The van der Waals surface area contributed by atoms with E-state index in [1.54, 1.807) is 12.1 Å². The van der Waals surface area contributed by atoms with Gasteiger partial charge in [0, 0.05) is 11.6 Å². The van der Waals surface area contributed by atoms with Crippen LogP contribution in [-0.4, -0.2) is 23.5 Å². The molecule has 0 saturated carbocycles. The number of halogens is 1. The van der Waals surface area contributed by atoms with Gasteiger partial charge in [-0.1, -0.05) is 12.1 Å². The lowest BCUT2D eigenvalue weighted by Crippen LogP contribution is -2.51. The number of hydrogen-bond acceptors (Lipinski definition) is 2. The molecule has 0 bridgehead atoms. The van der Waals surface area contributed by atoms with E-state index in [1.165, 1.54) is 12.1 Å². The van der Waals surface area contributed by atoms with Crippen molar-refractivity contribution in [1.82, 2.24) is 10.6 Å². The van der Waals surface area contributed by atoms with Crippen LogP contribution >= 0.6 is 0 Å². The molecule has 0 heterocycles. The molecule has 3 nitrogen and oxygen atoms in total. The average molecular weight is 280 g/mol. The highest BCUT2D eigenvalue weighted by Gasteiger charge is 2.20. The second-order valence-electron chi connectivity index (χ2n) is 6.36. The lowest BCUT2D eigenvalue weighted by atomic mass is 10.1. The molecule has 2 unspecified atom stereocenters. The summed E-state index contributed by atoms with van der Waals surface area (Å²) in [6, 6.07) is 6.34. The normalized spacial score (nSPS) is 14.7. The largest absolute Gasteiger partial charge is 0.350 e. The molecule has 0 aliphatic heterocycles. The molecular formula is C16H25FN2O. The first-order valence-electron chi connectivity index (χ1n) is 7.00. The van der Waals surface area contributed by atoms with Crippen LogP contribution in [0, 0.1) is 5.82 Å². The molecule has 1 aromatic rings. The van der Waals surface area contributed by atoms with Crippen LogP contribution in [0.3, 0.4) is 0 Å². The molecule has 2 N–H and O–H groups in total. The van der Waals surface area contributed by atoms with Gasteiger partial charge in [0.25, 0.3) is 0 Å². The third-order valence-electron chi connectivity index (χ3n) is 2.88. The molecule has 1 amide bonds. The monoisotopic (exact) mass is 280 g/mol. The second-order valence-corrected chi connectivity index (χ2v) is 6.36. The van der Waals surface area contributed by atoms with Gasteiger partial charge in [-0.15, -0.1) is 0 Å². The van der Waals surface area contributed by atoms with Crippen molar-refractivity contribution in [3.05, 3.63) is 35.6 Å². The van der Waals surface area contributed by atoms with Gasteiger partial charge in [-0.05, 0) is 58.7 Å². The van der Waals surface area contributed by atoms with E-state index in [-0.39, 0.29) is 29.3 Å². The van der Waals surface area contributed by atoms with Crippen molar-refractivity contribution in [3.63, 3.8) is 0 Å². The fourth-order valence-corrected chi connectivity index (χ4v) is 2.01. The molecular weight excluding hydrogens is 255 g/mol. The Morgan fingerprint density at radius 3 is 2.25 bits per heavy atom. The first-order chi connectivity index (χ1) is 9.17. The minimum atomic E-state index is -0.260. The summed E-state index contributed by atoms with van der Waals surface area (Å²) in [5.74, 6) is -0.240. The SMILES string of the molecule is CC(Cc1ccc(F)cc1)NC(C)C(=O)NC(C)(C)C. The summed E-state index contributed by atoms with van der Waals surface area (Å²) in [6.07, 6.45) is 0.757. The van der Waals surface area contributed by atoms with E-state index in [9.17, 15) is 9.18 Å². The van der Waals surface area contributed by atoms with E-state index in [1.807, 2.05) is 34.6 Å². The summed E-state index contributed by atoms with van der Waals surface area (Å²) < 4.78 is 12.8. The number of carbonyl (C=O) groups is 1. The Balaban J connectivity index is 2.47. The van der Waals surface area contributed by atoms with E-state index in [2.05, 4.69) is 10.6 Å². The molecule has 4 heteroatoms. The minimum absolute atomic E-state index is 0.0107. The predicted molar refractivity (Wildman–Crippen MR) is 80.1 cm³/mol. The number of benzene rings is 1. The quantitative estimate of drug-likeness (QED) is 0.870. The van der Waals surface area contributed by atoms with Gasteiger partial charge in [0.2, 0.25) is 5.91 Å². The smallest absolute Gasteiger partial charge is 0.237 e. The molecule has 0 aliphatic rings. The summed E-state index contributed by atoms with van der Waals surface area (Å²) in [5.41, 5.74) is 0.822. The van der Waals surface area contributed by atoms with Gasteiger partial charge in [-0.25, -0.2) is 4.39 Å². The Morgan fingerprint density at radius 2 is 1.75 bits per heavy atom. The number of amides is 1. The van der Waals surface area contributed by atoms with Crippen LogP contribution < -0.4 is 10.6 Å². The topological polar surface area (TPSA) is 41.1 Å². The maximum atomic E-state index is 12.8. The highest BCUT2D eigenvalue weighted by atomic mass is 19.1. The lowest BCUT2D eigenvalue weighted by Gasteiger charge is -2.25. The molecule has 112 valence electrons. The Bertz CT molecular complexity index is 437. The van der Waals surface area contributed by atoms with Crippen LogP contribution in [0.2, 0.25) is 0 Å². The molecule has 2 atom stereocenters. The Hall–Kier alpha value is -1.42. The van der Waals surface area contributed by atoms with Crippen molar-refractivity contribution >= 4 is 5.91 Å². The molecule has 1 rings (SSSR count). The standard InChI is InChI=1S/C16H25FN2O/c1-11(10-13-6-8-14(17)9-7-13)18-12(2)15(20)19-16(3,4)5/h6-9,11-12,18H,10H2,1-5H3,(H,19,20). The molecule has 1 aromatic carbocycles. The minimum Gasteiger partial charge on any atom is -0.350 e. The van der Waals surface area contributed by atoms with E-state index in [4.69, 9.17) is 0 Å². The van der Waals surface area contributed by atoms with Gasteiger partial charge in [-0.2, -0.15) is 0 Å². The zero-order chi connectivity index (χ0) is 15.3. The van der Waals surface area contributed by atoms with Crippen molar-refractivity contribution in [1.29, 1.82) is 0 Å². The third-order valence-corrected chi connectivity index (χ3v) is 2.88. The van der Waals surface area contributed by atoms with Crippen LogP contribution in [0.1, 0.15) is 40.2 Å². The van der Waals surface area contributed by atoms with Gasteiger partial charge >= 0.3 is 0 Å². The molecule has 0 aromatic heterocycles. The first kappa shape index (κ1) is 16.6. The van der Waals surface area contributed by atoms with Gasteiger partial charge < -0.3 is 10.6 Å². The van der Waals surface area contributed by atoms with Crippen molar-refractivity contribution in [3.8, 4) is 0 Å². The van der Waals surface area contributed by atoms with E-state index in [0.29, 0.717) is 0 Å². The van der Waals surface area contributed by atoms with Crippen LogP contribution in [0.15, 0.2) is 24.3 Å². The molecule has 0 aliphatic carbocycles. The molecule has 0 spiro atoms. The highest BCUT2D eigenvalue weighted by molar-refractivity contribution is 5.81. The maximum absolute atomic E-state index is 12.8. The summed E-state index contributed by atoms with van der Waals surface area (Å²) in [6.45, 7) is 9.74. The predicted octanol–water partition coefficient (Wildman–Crippen LogP) is 2.65. The lowest BCUT2D eigenvalue weighted by molar-refractivity contribution is -0.124. The summed E-state index contributed by atoms with van der Waals surface area (Å²) in [4.78, 5) is 12.0. The van der Waals surface area contributed by atoms with Crippen LogP contribution in [0.5, 0.6) is 0 Å². The average Bonchev–Trinajstić information content (AvgIpc) is 2.29. The molecule has 20 heavy (non-hydrogen) atoms. The zero-order valence-corrected chi connectivity index (χ0v) is 13.0. The molecule has 0 saturated heterocycles. The maximum Gasteiger partial charge on any atom is 0.237 e. The highest BCUT2D eigenvalue weighted by Crippen LogP contribution is 2.06. The number of rotatable bonds is 5. The Labute approximate surface area is 121 Å². The Morgan fingerprint density at radius 1 is 1.20 bits per heavy atom. The first-order valence-corrected chi connectivity index (χ1v) is 7.00. The van der Waals surface area contributed by atoms with Crippen LogP contribution in [0.25, 0.3) is 0 Å². The zero-order valence-electron chi connectivity index (χ0n) is 13.0. The van der Waals surface area contributed by atoms with Crippen molar-refractivity contribution in [2.75, 3.05) is 0 Å². The fraction of sp³-hybridized carbons (Fsp3) is 0.562. The van der Waals surface area contributed by atoms with Gasteiger partial charge in [0.15, 0.2) is 0 Å². The van der Waals surface area contributed by atoms with Crippen molar-refractivity contribution in [2.24, 2.45) is 0 Å². The van der Waals surface area contributed by atoms with Gasteiger partial charge in [0.1, 0.15) is 5.82 Å².